The van der Waals surface area contributed by atoms with Crippen LogP contribution in [-0.2, 0) is 9.53 Å². The van der Waals surface area contributed by atoms with Gasteiger partial charge in [-0.15, -0.1) is 11.6 Å². The highest BCUT2D eigenvalue weighted by Gasteiger charge is 2.29. The molecule has 1 rings (SSSR count). The summed E-state index contributed by atoms with van der Waals surface area (Å²) in [4.78, 5) is 14.0. The van der Waals surface area contributed by atoms with E-state index in [4.69, 9.17) is 16.3 Å². The largest absolute Gasteiger partial charge is 0.380 e. The molecule has 0 bridgehead atoms. The van der Waals surface area contributed by atoms with Crippen LogP contribution in [-0.4, -0.2) is 42.0 Å². The van der Waals surface area contributed by atoms with E-state index >= 15 is 0 Å². The first kappa shape index (κ1) is 13.8. The minimum atomic E-state index is -0.373. The van der Waals surface area contributed by atoms with Gasteiger partial charge < -0.3 is 9.64 Å². The first-order chi connectivity index (χ1) is 7.70. The molecule has 1 saturated heterocycles. The maximum absolute atomic E-state index is 12.0. The van der Waals surface area contributed by atoms with Crippen LogP contribution in [0.3, 0.4) is 0 Å². The number of nitrogens with zero attached hydrogens (tertiary/aromatic N) is 1. The van der Waals surface area contributed by atoms with Gasteiger partial charge in [-0.25, -0.2) is 0 Å². The van der Waals surface area contributed by atoms with Gasteiger partial charge >= 0.3 is 0 Å². The number of carbonyl (C=O) groups is 1. The molecule has 4 heteroatoms. The Balaban J connectivity index is 2.55. The number of hydrogen-bond acceptors (Lipinski definition) is 2. The Labute approximate surface area is 103 Å². The second kappa shape index (κ2) is 7.13. The summed E-state index contributed by atoms with van der Waals surface area (Å²) in [6, 6.07) is 0.231. The molecule has 0 aromatic heterocycles. The standard InChI is InChI=1S/C12H22ClNO2/c1-3-11(13)12(15)14-8-6-5-7-10(14)9-16-4-2/h10-11H,3-9H2,1-2H3/t10-,11+/m0/s1. The number of ether oxygens (including phenoxy) is 1. The van der Waals surface area contributed by atoms with Crippen LogP contribution in [0.15, 0.2) is 0 Å². The summed E-state index contributed by atoms with van der Waals surface area (Å²) in [7, 11) is 0. The van der Waals surface area contributed by atoms with Crippen LogP contribution < -0.4 is 0 Å². The first-order valence-electron chi connectivity index (χ1n) is 6.23. The van der Waals surface area contributed by atoms with E-state index in [9.17, 15) is 4.79 Å². The van der Waals surface area contributed by atoms with Crippen molar-refractivity contribution in [2.24, 2.45) is 0 Å². The summed E-state index contributed by atoms with van der Waals surface area (Å²) in [5.41, 5.74) is 0. The Morgan fingerprint density at radius 1 is 1.50 bits per heavy atom. The number of halogens is 1. The van der Waals surface area contributed by atoms with Gasteiger partial charge in [0.2, 0.25) is 5.91 Å². The average molecular weight is 248 g/mol. The third-order valence-electron chi connectivity index (χ3n) is 3.05. The lowest BCUT2D eigenvalue weighted by Gasteiger charge is -2.36. The van der Waals surface area contributed by atoms with Crippen molar-refractivity contribution in [1.82, 2.24) is 4.90 Å². The normalized spacial score (nSPS) is 23.2. The van der Waals surface area contributed by atoms with Crippen molar-refractivity contribution in [2.45, 2.75) is 50.9 Å². The van der Waals surface area contributed by atoms with E-state index in [1.54, 1.807) is 0 Å². The lowest BCUT2D eigenvalue weighted by molar-refractivity contribution is -0.136. The highest BCUT2D eigenvalue weighted by molar-refractivity contribution is 6.30. The van der Waals surface area contributed by atoms with Gasteiger partial charge in [0.15, 0.2) is 0 Å². The summed E-state index contributed by atoms with van der Waals surface area (Å²) in [6.45, 7) is 6.11. The van der Waals surface area contributed by atoms with E-state index in [-0.39, 0.29) is 17.3 Å². The monoisotopic (exact) mass is 247 g/mol. The highest BCUT2D eigenvalue weighted by Crippen LogP contribution is 2.20. The van der Waals surface area contributed by atoms with Gasteiger partial charge in [-0.1, -0.05) is 6.92 Å². The SMILES string of the molecule is CCOC[C@@H]1CCCCN1C(=O)[C@H](Cl)CC. The molecule has 0 radical (unpaired) electrons. The lowest BCUT2D eigenvalue weighted by Crippen LogP contribution is -2.48. The zero-order valence-corrected chi connectivity index (χ0v) is 11.0. The first-order valence-corrected chi connectivity index (χ1v) is 6.66. The molecule has 2 atom stereocenters. The number of piperidine rings is 1. The van der Waals surface area contributed by atoms with Crippen molar-refractivity contribution < 1.29 is 9.53 Å². The smallest absolute Gasteiger partial charge is 0.240 e. The summed E-state index contributed by atoms with van der Waals surface area (Å²) in [6.07, 6.45) is 4.00. The molecule has 94 valence electrons. The fourth-order valence-electron chi connectivity index (χ4n) is 2.07. The molecule has 16 heavy (non-hydrogen) atoms. The van der Waals surface area contributed by atoms with Crippen LogP contribution in [0.25, 0.3) is 0 Å². The third kappa shape index (κ3) is 3.63. The average Bonchev–Trinajstić information content (AvgIpc) is 2.34. The van der Waals surface area contributed by atoms with E-state index < -0.39 is 0 Å². The van der Waals surface area contributed by atoms with Crippen LogP contribution in [0, 0.1) is 0 Å². The zero-order valence-electron chi connectivity index (χ0n) is 10.2. The number of hydrogen-bond donors (Lipinski definition) is 0. The second-order valence-corrected chi connectivity index (χ2v) is 4.74. The molecule has 0 N–H and O–H groups in total. The minimum absolute atomic E-state index is 0.0774. The van der Waals surface area contributed by atoms with Crippen molar-refractivity contribution in [3.8, 4) is 0 Å². The van der Waals surface area contributed by atoms with E-state index in [1.165, 1.54) is 6.42 Å². The maximum atomic E-state index is 12.0. The molecule has 0 aromatic carbocycles. The molecule has 1 heterocycles. The highest BCUT2D eigenvalue weighted by atomic mass is 35.5. The Hall–Kier alpha value is -0.280. The lowest BCUT2D eigenvalue weighted by atomic mass is 10.0. The van der Waals surface area contributed by atoms with E-state index in [0.717, 1.165) is 19.4 Å². The molecular formula is C12H22ClNO2. The number of rotatable bonds is 5. The molecule has 0 spiro atoms. The Morgan fingerprint density at radius 2 is 2.25 bits per heavy atom. The van der Waals surface area contributed by atoms with E-state index in [0.29, 0.717) is 19.6 Å². The summed E-state index contributed by atoms with van der Waals surface area (Å²) in [5, 5.41) is -0.373. The molecule has 0 unspecified atom stereocenters. The van der Waals surface area contributed by atoms with Crippen LogP contribution in [0.2, 0.25) is 0 Å². The van der Waals surface area contributed by atoms with Crippen molar-refractivity contribution in [3.63, 3.8) is 0 Å². The number of carbonyl (C=O) groups excluding carboxylic acids is 1. The van der Waals surface area contributed by atoms with Crippen molar-refractivity contribution in [1.29, 1.82) is 0 Å². The number of alkyl halides is 1. The molecule has 0 aromatic rings. The topological polar surface area (TPSA) is 29.5 Å². The molecule has 3 nitrogen and oxygen atoms in total. The van der Waals surface area contributed by atoms with Gasteiger partial charge in [-0.3, -0.25) is 4.79 Å². The molecule has 1 aliphatic rings. The van der Waals surface area contributed by atoms with Crippen molar-refractivity contribution >= 4 is 17.5 Å². The maximum Gasteiger partial charge on any atom is 0.240 e. The van der Waals surface area contributed by atoms with Gasteiger partial charge in [0, 0.05) is 13.2 Å². The second-order valence-electron chi connectivity index (χ2n) is 4.22. The molecule has 1 aliphatic heterocycles. The zero-order chi connectivity index (χ0) is 12.0. The summed E-state index contributed by atoms with van der Waals surface area (Å²) < 4.78 is 5.43. The molecule has 1 fully saturated rings. The van der Waals surface area contributed by atoms with Gasteiger partial charge in [0.25, 0.3) is 0 Å². The van der Waals surface area contributed by atoms with Crippen LogP contribution in [0.1, 0.15) is 39.5 Å². The van der Waals surface area contributed by atoms with Gasteiger partial charge in [0.1, 0.15) is 5.38 Å². The Morgan fingerprint density at radius 3 is 2.88 bits per heavy atom. The molecule has 0 aliphatic carbocycles. The van der Waals surface area contributed by atoms with Gasteiger partial charge in [-0.2, -0.15) is 0 Å². The quantitative estimate of drug-likeness (QED) is 0.699. The van der Waals surface area contributed by atoms with E-state index in [1.807, 2.05) is 18.7 Å². The summed E-state index contributed by atoms with van der Waals surface area (Å²) >= 11 is 6.02. The van der Waals surface area contributed by atoms with Crippen LogP contribution >= 0.6 is 11.6 Å². The minimum Gasteiger partial charge on any atom is -0.380 e. The van der Waals surface area contributed by atoms with E-state index in [2.05, 4.69) is 0 Å². The van der Waals surface area contributed by atoms with Gasteiger partial charge in [0.05, 0.1) is 12.6 Å². The van der Waals surface area contributed by atoms with Crippen LogP contribution in [0.4, 0.5) is 0 Å². The number of amides is 1. The molecular weight excluding hydrogens is 226 g/mol. The fraction of sp³-hybridized carbons (Fsp3) is 0.917. The van der Waals surface area contributed by atoms with Gasteiger partial charge in [-0.05, 0) is 32.6 Å². The Bertz CT molecular complexity index is 223. The van der Waals surface area contributed by atoms with Crippen molar-refractivity contribution in [3.05, 3.63) is 0 Å². The van der Waals surface area contributed by atoms with Crippen molar-refractivity contribution in [2.75, 3.05) is 19.8 Å². The third-order valence-corrected chi connectivity index (χ3v) is 3.55. The summed E-state index contributed by atoms with van der Waals surface area (Å²) in [5.74, 6) is 0.0774. The van der Waals surface area contributed by atoms with Crippen LogP contribution in [0.5, 0.6) is 0 Å². The molecule has 1 amide bonds. The number of likely N-dealkylation sites (tertiary alicyclic amines) is 1. The predicted molar refractivity (Wildman–Crippen MR) is 65.8 cm³/mol. The predicted octanol–water partition coefficient (Wildman–Crippen LogP) is 2.42. The Kier molecular flexibility index (Phi) is 6.14. The molecule has 0 saturated carbocycles. The fourth-order valence-corrected chi connectivity index (χ4v) is 2.20.